The molecule has 5 N–H and O–H groups in total. The molecule has 9 heteroatoms. The van der Waals surface area contributed by atoms with Crippen molar-refractivity contribution < 1.29 is 29.0 Å². The molecule has 0 aliphatic carbocycles. The molecule has 9 nitrogen and oxygen atoms in total. The van der Waals surface area contributed by atoms with Crippen LogP contribution in [-0.4, -0.2) is 46.7 Å². The van der Waals surface area contributed by atoms with E-state index in [4.69, 9.17) is 15.6 Å². The standard InChI is InChI=1S/C16H29N3O6/c1-9(2)8-11(19-15(24)25-16(3,4)5)14(23)18-10(13(17)22)6-7-12(20)21/h9-11H,6-8H2,1-5H3,(H2,17,22)(H,18,23)(H,19,24)(H,20,21). The van der Waals surface area contributed by atoms with Crippen molar-refractivity contribution >= 4 is 23.9 Å². The van der Waals surface area contributed by atoms with E-state index < -0.39 is 41.6 Å². The molecular formula is C16H29N3O6. The highest BCUT2D eigenvalue weighted by molar-refractivity contribution is 5.91. The fourth-order valence-corrected chi connectivity index (χ4v) is 1.98. The van der Waals surface area contributed by atoms with Crippen LogP contribution in [0.2, 0.25) is 0 Å². The summed E-state index contributed by atoms with van der Waals surface area (Å²) in [4.78, 5) is 46.3. The molecule has 0 aliphatic rings. The van der Waals surface area contributed by atoms with Gasteiger partial charge < -0.3 is 26.2 Å². The summed E-state index contributed by atoms with van der Waals surface area (Å²) in [6.45, 7) is 8.82. The number of rotatable bonds is 9. The number of primary amides is 1. The van der Waals surface area contributed by atoms with Gasteiger partial charge in [0, 0.05) is 6.42 Å². The fraction of sp³-hybridized carbons (Fsp3) is 0.750. The van der Waals surface area contributed by atoms with Gasteiger partial charge in [-0.3, -0.25) is 14.4 Å². The van der Waals surface area contributed by atoms with E-state index in [9.17, 15) is 19.2 Å². The zero-order valence-corrected chi connectivity index (χ0v) is 15.4. The summed E-state index contributed by atoms with van der Waals surface area (Å²) >= 11 is 0. The number of hydrogen-bond acceptors (Lipinski definition) is 5. The first-order chi connectivity index (χ1) is 11.3. The van der Waals surface area contributed by atoms with Crippen LogP contribution in [0.3, 0.4) is 0 Å². The summed E-state index contributed by atoms with van der Waals surface area (Å²) in [6, 6.07) is -2.06. The van der Waals surface area contributed by atoms with Crippen LogP contribution < -0.4 is 16.4 Å². The second kappa shape index (κ2) is 9.85. The number of carbonyl (C=O) groups excluding carboxylic acids is 3. The Balaban J connectivity index is 4.99. The van der Waals surface area contributed by atoms with Crippen LogP contribution in [0.5, 0.6) is 0 Å². The van der Waals surface area contributed by atoms with Gasteiger partial charge >= 0.3 is 12.1 Å². The topological polar surface area (TPSA) is 148 Å². The molecule has 0 aromatic heterocycles. The minimum absolute atomic E-state index is 0.0803. The predicted molar refractivity (Wildman–Crippen MR) is 90.6 cm³/mol. The molecule has 0 rings (SSSR count). The average Bonchev–Trinajstić information content (AvgIpc) is 2.39. The second-order valence-corrected chi connectivity index (χ2v) is 7.22. The van der Waals surface area contributed by atoms with E-state index in [2.05, 4.69) is 10.6 Å². The van der Waals surface area contributed by atoms with Crippen LogP contribution in [0.15, 0.2) is 0 Å². The highest BCUT2D eigenvalue weighted by atomic mass is 16.6. The summed E-state index contributed by atoms with van der Waals surface area (Å²) in [5.41, 5.74) is 4.48. The lowest BCUT2D eigenvalue weighted by Crippen LogP contribution is -2.53. The summed E-state index contributed by atoms with van der Waals surface area (Å²) in [7, 11) is 0. The predicted octanol–water partition coefficient (Wildman–Crippen LogP) is 0.761. The lowest BCUT2D eigenvalue weighted by Gasteiger charge is -2.25. The first kappa shape index (κ1) is 22.7. The quantitative estimate of drug-likeness (QED) is 0.478. The van der Waals surface area contributed by atoms with Crippen molar-refractivity contribution in [2.24, 2.45) is 11.7 Å². The van der Waals surface area contributed by atoms with Crippen molar-refractivity contribution in [1.29, 1.82) is 0 Å². The van der Waals surface area contributed by atoms with Crippen LogP contribution in [0.1, 0.15) is 53.9 Å². The lowest BCUT2D eigenvalue weighted by atomic mass is 10.0. The van der Waals surface area contributed by atoms with Gasteiger partial charge in [0.25, 0.3) is 0 Å². The zero-order valence-electron chi connectivity index (χ0n) is 15.4. The largest absolute Gasteiger partial charge is 0.481 e. The number of carbonyl (C=O) groups is 4. The Morgan fingerprint density at radius 1 is 1.08 bits per heavy atom. The maximum atomic E-state index is 12.4. The third kappa shape index (κ3) is 11.0. The van der Waals surface area contributed by atoms with Gasteiger partial charge in [-0.1, -0.05) is 13.8 Å². The number of ether oxygens (including phenoxy) is 1. The lowest BCUT2D eigenvalue weighted by molar-refractivity contribution is -0.137. The van der Waals surface area contributed by atoms with Gasteiger partial charge in [0.15, 0.2) is 0 Å². The van der Waals surface area contributed by atoms with Crippen molar-refractivity contribution in [3.8, 4) is 0 Å². The minimum atomic E-state index is -1.13. The van der Waals surface area contributed by atoms with E-state index in [1.54, 1.807) is 20.8 Å². The van der Waals surface area contributed by atoms with Gasteiger partial charge in [-0.2, -0.15) is 0 Å². The number of aliphatic carboxylic acids is 1. The third-order valence-electron chi connectivity index (χ3n) is 3.02. The molecule has 0 saturated carbocycles. The molecule has 2 unspecified atom stereocenters. The van der Waals surface area contributed by atoms with Crippen molar-refractivity contribution in [2.45, 2.75) is 71.6 Å². The molecule has 0 saturated heterocycles. The van der Waals surface area contributed by atoms with Crippen LogP contribution in [0, 0.1) is 5.92 Å². The van der Waals surface area contributed by atoms with Crippen molar-refractivity contribution in [2.75, 3.05) is 0 Å². The first-order valence-electron chi connectivity index (χ1n) is 8.12. The maximum Gasteiger partial charge on any atom is 0.408 e. The molecule has 0 bridgehead atoms. The number of nitrogens with one attached hydrogen (secondary N) is 2. The fourth-order valence-electron chi connectivity index (χ4n) is 1.98. The van der Waals surface area contributed by atoms with E-state index in [1.165, 1.54) is 0 Å². The number of hydrogen-bond donors (Lipinski definition) is 4. The molecule has 0 aromatic carbocycles. The molecule has 25 heavy (non-hydrogen) atoms. The van der Waals surface area contributed by atoms with Gasteiger partial charge in [0.05, 0.1) is 0 Å². The van der Waals surface area contributed by atoms with Gasteiger partial charge in [0.2, 0.25) is 11.8 Å². The number of carboxylic acid groups (broad SMARTS) is 1. The Hall–Kier alpha value is -2.32. The van der Waals surface area contributed by atoms with Crippen molar-refractivity contribution in [1.82, 2.24) is 10.6 Å². The number of carboxylic acids is 1. The zero-order chi connectivity index (χ0) is 19.8. The number of nitrogens with two attached hydrogens (primary N) is 1. The molecule has 2 atom stereocenters. The molecule has 0 aromatic rings. The van der Waals surface area contributed by atoms with E-state index in [0.29, 0.717) is 6.42 Å². The van der Waals surface area contributed by atoms with Gasteiger partial charge in [0.1, 0.15) is 17.7 Å². The summed E-state index contributed by atoms with van der Waals surface area (Å²) in [6.07, 6.45) is -0.885. The summed E-state index contributed by atoms with van der Waals surface area (Å²) in [5.74, 6) is -2.48. The smallest absolute Gasteiger partial charge is 0.408 e. The second-order valence-electron chi connectivity index (χ2n) is 7.22. The summed E-state index contributed by atoms with van der Waals surface area (Å²) < 4.78 is 5.13. The molecule has 3 amide bonds. The van der Waals surface area contributed by atoms with Crippen molar-refractivity contribution in [3.05, 3.63) is 0 Å². The van der Waals surface area contributed by atoms with Crippen LogP contribution in [-0.2, 0) is 19.1 Å². The Morgan fingerprint density at radius 3 is 2.04 bits per heavy atom. The summed E-state index contributed by atoms with van der Waals surface area (Å²) in [5, 5.41) is 13.6. The maximum absolute atomic E-state index is 12.4. The number of alkyl carbamates (subject to hydrolysis) is 1. The van der Waals surface area contributed by atoms with Gasteiger partial charge in [-0.25, -0.2) is 4.79 Å². The van der Waals surface area contributed by atoms with Crippen LogP contribution >= 0.6 is 0 Å². The molecule has 0 fully saturated rings. The highest BCUT2D eigenvalue weighted by Gasteiger charge is 2.28. The van der Waals surface area contributed by atoms with Gasteiger partial charge in [-0.05, 0) is 39.5 Å². The Bertz CT molecular complexity index is 499. The molecular weight excluding hydrogens is 330 g/mol. The third-order valence-corrected chi connectivity index (χ3v) is 3.02. The van der Waals surface area contributed by atoms with Crippen molar-refractivity contribution in [3.63, 3.8) is 0 Å². The molecule has 0 aliphatic heterocycles. The van der Waals surface area contributed by atoms with E-state index in [-0.39, 0.29) is 18.8 Å². The highest BCUT2D eigenvalue weighted by Crippen LogP contribution is 2.10. The normalized spacial score (nSPS) is 13.7. The van der Waals surface area contributed by atoms with E-state index in [1.807, 2.05) is 13.8 Å². The molecule has 0 radical (unpaired) electrons. The van der Waals surface area contributed by atoms with Gasteiger partial charge in [-0.15, -0.1) is 0 Å². The van der Waals surface area contributed by atoms with E-state index in [0.717, 1.165) is 0 Å². The monoisotopic (exact) mass is 359 g/mol. The Kier molecular flexibility index (Phi) is 8.94. The SMILES string of the molecule is CC(C)CC(NC(=O)OC(C)(C)C)C(=O)NC(CCC(=O)O)C(N)=O. The van der Waals surface area contributed by atoms with E-state index >= 15 is 0 Å². The average molecular weight is 359 g/mol. The Labute approximate surface area is 147 Å². The molecule has 144 valence electrons. The molecule has 0 heterocycles. The van der Waals surface area contributed by atoms with Crippen LogP contribution in [0.4, 0.5) is 4.79 Å². The number of amides is 3. The Morgan fingerprint density at radius 2 is 1.64 bits per heavy atom. The minimum Gasteiger partial charge on any atom is -0.481 e. The van der Waals surface area contributed by atoms with Crippen LogP contribution in [0.25, 0.3) is 0 Å². The molecule has 0 spiro atoms. The first-order valence-corrected chi connectivity index (χ1v) is 8.12.